The van der Waals surface area contributed by atoms with E-state index in [2.05, 4.69) is 10.3 Å². The van der Waals surface area contributed by atoms with Gasteiger partial charge in [0.2, 0.25) is 5.91 Å². The van der Waals surface area contributed by atoms with E-state index in [1.54, 1.807) is 12.1 Å². The normalized spacial score (nSPS) is 28.0. The molecule has 1 amide bonds. The minimum atomic E-state index is -3.03. The van der Waals surface area contributed by atoms with Gasteiger partial charge < -0.3 is 15.0 Å². The van der Waals surface area contributed by atoms with Crippen LogP contribution in [0.2, 0.25) is 5.02 Å². The molecule has 7 nitrogen and oxygen atoms in total. The maximum atomic E-state index is 12.6. The SMILES string of the molecule is O=C(CN(C1=N[C@@H]2CS(=O)(=O)C[C@@H]2S1)c1cccc(Cl)c1)NC[C@H]1CCCO1. The second-order valence-electron chi connectivity index (χ2n) is 7.22. The Hall–Kier alpha value is -1.29. The Bertz CT molecular complexity index is 887. The lowest BCUT2D eigenvalue weighted by Gasteiger charge is -2.24. The first-order chi connectivity index (χ1) is 13.4. The number of halogens is 1. The van der Waals surface area contributed by atoms with E-state index >= 15 is 0 Å². The van der Waals surface area contributed by atoms with Crippen molar-refractivity contribution in [1.82, 2.24) is 5.32 Å². The van der Waals surface area contributed by atoms with Gasteiger partial charge in [-0.1, -0.05) is 29.4 Å². The van der Waals surface area contributed by atoms with Crippen LogP contribution in [0.25, 0.3) is 0 Å². The molecule has 28 heavy (non-hydrogen) atoms. The molecule has 3 aliphatic heterocycles. The first kappa shape index (κ1) is 20.0. The lowest BCUT2D eigenvalue weighted by molar-refractivity contribution is -0.120. The van der Waals surface area contributed by atoms with E-state index in [-0.39, 0.29) is 41.4 Å². The quantitative estimate of drug-likeness (QED) is 0.745. The molecule has 1 aromatic rings. The zero-order valence-electron chi connectivity index (χ0n) is 15.2. The topological polar surface area (TPSA) is 88.1 Å². The van der Waals surface area contributed by atoms with Gasteiger partial charge in [0.25, 0.3) is 0 Å². The number of hydrogen-bond donors (Lipinski definition) is 1. The summed E-state index contributed by atoms with van der Waals surface area (Å²) in [6, 6.07) is 6.99. The van der Waals surface area contributed by atoms with E-state index in [9.17, 15) is 13.2 Å². The summed E-state index contributed by atoms with van der Waals surface area (Å²) in [4.78, 5) is 19.0. The molecular formula is C18H22ClN3O4S2. The first-order valence-electron chi connectivity index (χ1n) is 9.26. The van der Waals surface area contributed by atoms with Gasteiger partial charge in [-0.25, -0.2) is 8.42 Å². The maximum Gasteiger partial charge on any atom is 0.240 e. The fraction of sp³-hybridized carbons (Fsp3) is 0.556. The van der Waals surface area contributed by atoms with Crippen LogP contribution in [0.3, 0.4) is 0 Å². The zero-order valence-corrected chi connectivity index (χ0v) is 17.6. The molecule has 3 atom stereocenters. The monoisotopic (exact) mass is 443 g/mol. The van der Waals surface area contributed by atoms with Gasteiger partial charge in [-0.3, -0.25) is 9.79 Å². The van der Waals surface area contributed by atoms with Crippen LogP contribution in [0.4, 0.5) is 5.69 Å². The second-order valence-corrected chi connectivity index (χ2v) is 11.0. The predicted octanol–water partition coefficient (Wildman–Crippen LogP) is 1.71. The lowest BCUT2D eigenvalue weighted by Crippen LogP contribution is -2.42. The average molecular weight is 444 g/mol. The Morgan fingerprint density at radius 1 is 1.39 bits per heavy atom. The van der Waals surface area contributed by atoms with Gasteiger partial charge >= 0.3 is 0 Å². The van der Waals surface area contributed by atoms with E-state index in [0.717, 1.165) is 25.1 Å². The highest BCUT2D eigenvalue weighted by Gasteiger charge is 2.44. The second kappa shape index (κ2) is 8.22. The number of thioether (sulfide) groups is 1. The molecule has 0 spiro atoms. The summed E-state index contributed by atoms with van der Waals surface area (Å²) in [6.07, 6.45) is 2.05. The largest absolute Gasteiger partial charge is 0.376 e. The number of amides is 1. The third kappa shape index (κ3) is 4.64. The molecule has 3 aliphatic rings. The smallest absolute Gasteiger partial charge is 0.240 e. The molecule has 152 valence electrons. The molecule has 3 heterocycles. The number of nitrogens with one attached hydrogen (secondary N) is 1. The number of sulfone groups is 1. The Balaban J connectivity index is 1.49. The summed E-state index contributed by atoms with van der Waals surface area (Å²) in [5.74, 6) is 0.0654. The highest BCUT2D eigenvalue weighted by molar-refractivity contribution is 8.15. The standard InChI is InChI=1S/C18H22ClN3O4S2/c19-12-3-1-4-13(7-12)22(9-17(23)20-8-14-5-2-6-26-14)18-21-15-10-28(24,25)11-16(15)27-18/h1,3-4,7,14-16H,2,5-6,8-11H2,(H,20,23)/t14-,15-,16+/m1/s1. The highest BCUT2D eigenvalue weighted by Crippen LogP contribution is 2.37. The number of aliphatic imine (C=N–C) groups is 1. The van der Waals surface area contributed by atoms with Gasteiger partial charge in [0.15, 0.2) is 15.0 Å². The molecule has 0 bridgehead atoms. The molecule has 1 aromatic carbocycles. The Morgan fingerprint density at radius 2 is 2.25 bits per heavy atom. The van der Waals surface area contributed by atoms with Crippen LogP contribution < -0.4 is 10.2 Å². The van der Waals surface area contributed by atoms with Crippen molar-refractivity contribution >= 4 is 50.0 Å². The van der Waals surface area contributed by atoms with Gasteiger partial charge in [-0.05, 0) is 31.0 Å². The molecule has 10 heteroatoms. The Kier molecular flexibility index (Phi) is 5.87. The van der Waals surface area contributed by atoms with Crippen LogP contribution >= 0.6 is 23.4 Å². The zero-order chi connectivity index (χ0) is 19.7. The molecule has 0 aliphatic carbocycles. The van der Waals surface area contributed by atoms with Crippen LogP contribution in [0.1, 0.15) is 12.8 Å². The minimum Gasteiger partial charge on any atom is -0.376 e. The first-order valence-corrected chi connectivity index (χ1v) is 12.3. The number of carbonyl (C=O) groups is 1. The van der Waals surface area contributed by atoms with Crippen LogP contribution in [0, 0.1) is 0 Å². The van der Waals surface area contributed by atoms with Crippen molar-refractivity contribution in [2.45, 2.75) is 30.2 Å². The molecule has 0 aromatic heterocycles. The maximum absolute atomic E-state index is 12.6. The molecule has 0 radical (unpaired) electrons. The lowest BCUT2D eigenvalue weighted by atomic mass is 10.2. The van der Waals surface area contributed by atoms with E-state index in [1.807, 2.05) is 17.0 Å². The molecule has 0 unspecified atom stereocenters. The third-order valence-electron chi connectivity index (χ3n) is 5.01. The average Bonchev–Trinajstić information content (AvgIpc) is 3.32. The molecule has 2 fully saturated rings. The summed E-state index contributed by atoms with van der Waals surface area (Å²) in [5.41, 5.74) is 0.758. The predicted molar refractivity (Wildman–Crippen MR) is 112 cm³/mol. The summed E-state index contributed by atoms with van der Waals surface area (Å²) in [5, 5.41) is 4.07. The molecule has 0 saturated carbocycles. The third-order valence-corrected chi connectivity index (χ3v) is 8.49. The van der Waals surface area contributed by atoms with Crippen LogP contribution in [0.15, 0.2) is 29.3 Å². The van der Waals surface area contributed by atoms with E-state index in [0.29, 0.717) is 16.7 Å². The molecule has 4 rings (SSSR count). The number of benzene rings is 1. The fourth-order valence-corrected chi connectivity index (χ4v) is 7.58. The number of nitrogens with zero attached hydrogens (tertiary/aromatic N) is 2. The Morgan fingerprint density at radius 3 is 2.96 bits per heavy atom. The van der Waals surface area contributed by atoms with E-state index in [1.165, 1.54) is 11.8 Å². The Labute approximate surface area is 173 Å². The fourth-order valence-electron chi connectivity index (χ4n) is 3.62. The van der Waals surface area contributed by atoms with Crippen LogP contribution in [-0.4, -0.2) is 68.1 Å². The number of carbonyl (C=O) groups excluding carboxylic acids is 1. The highest BCUT2D eigenvalue weighted by atomic mass is 35.5. The van der Waals surface area contributed by atoms with Gasteiger partial charge in [0.05, 0.1) is 23.7 Å². The van der Waals surface area contributed by atoms with Crippen molar-refractivity contribution in [1.29, 1.82) is 0 Å². The van der Waals surface area contributed by atoms with Crippen molar-refractivity contribution in [2.75, 3.05) is 36.1 Å². The van der Waals surface area contributed by atoms with Gasteiger partial charge in [-0.15, -0.1) is 0 Å². The van der Waals surface area contributed by atoms with Crippen LogP contribution in [0.5, 0.6) is 0 Å². The summed E-state index contributed by atoms with van der Waals surface area (Å²) >= 11 is 7.57. The number of hydrogen-bond acceptors (Lipinski definition) is 7. The molecular weight excluding hydrogens is 422 g/mol. The van der Waals surface area contributed by atoms with Crippen molar-refractivity contribution in [2.24, 2.45) is 4.99 Å². The van der Waals surface area contributed by atoms with Crippen molar-refractivity contribution < 1.29 is 17.9 Å². The summed E-state index contributed by atoms with van der Waals surface area (Å²) in [6.45, 7) is 1.32. The number of ether oxygens (including phenoxy) is 1. The van der Waals surface area contributed by atoms with Crippen molar-refractivity contribution in [3.63, 3.8) is 0 Å². The van der Waals surface area contributed by atoms with Crippen LogP contribution in [-0.2, 0) is 19.4 Å². The number of rotatable bonds is 5. The molecule has 2 saturated heterocycles. The van der Waals surface area contributed by atoms with E-state index in [4.69, 9.17) is 16.3 Å². The molecule has 1 N–H and O–H groups in total. The van der Waals surface area contributed by atoms with Crippen molar-refractivity contribution in [3.8, 4) is 0 Å². The summed E-state index contributed by atoms with van der Waals surface area (Å²) < 4.78 is 29.2. The number of fused-ring (bicyclic) bond motifs is 1. The minimum absolute atomic E-state index is 0.0722. The number of anilines is 1. The van der Waals surface area contributed by atoms with Gasteiger partial charge in [0.1, 0.15) is 6.54 Å². The van der Waals surface area contributed by atoms with Gasteiger partial charge in [0, 0.05) is 29.1 Å². The summed E-state index contributed by atoms with van der Waals surface area (Å²) in [7, 11) is -3.03. The number of amidine groups is 1. The van der Waals surface area contributed by atoms with Crippen molar-refractivity contribution in [3.05, 3.63) is 29.3 Å². The van der Waals surface area contributed by atoms with E-state index < -0.39 is 9.84 Å². The van der Waals surface area contributed by atoms with Gasteiger partial charge in [-0.2, -0.15) is 0 Å².